The van der Waals surface area contributed by atoms with Crippen LogP contribution in [0.4, 0.5) is 8.78 Å². The molecular formula is C19H22F2N4O3. The van der Waals surface area contributed by atoms with Crippen LogP contribution in [0.15, 0.2) is 30.3 Å². The minimum absolute atomic E-state index is 0.0133. The van der Waals surface area contributed by atoms with E-state index in [-0.39, 0.29) is 17.6 Å². The number of hydrogen-bond donors (Lipinski definition) is 2. The van der Waals surface area contributed by atoms with E-state index in [0.29, 0.717) is 32.4 Å². The number of halogens is 2. The summed E-state index contributed by atoms with van der Waals surface area (Å²) < 4.78 is 30.4. The third-order valence-electron chi connectivity index (χ3n) is 4.72. The predicted octanol–water partition coefficient (Wildman–Crippen LogP) is 2.67. The van der Waals surface area contributed by atoms with Gasteiger partial charge in [-0.15, -0.1) is 0 Å². The molecular weight excluding hydrogens is 370 g/mol. The number of hydrogen-bond acceptors (Lipinski definition) is 4. The zero-order valence-corrected chi connectivity index (χ0v) is 15.5. The van der Waals surface area contributed by atoms with Gasteiger partial charge in [0.15, 0.2) is 0 Å². The second-order valence-corrected chi connectivity index (χ2v) is 6.67. The van der Waals surface area contributed by atoms with Crippen LogP contribution < -0.4 is 10.1 Å². The predicted molar refractivity (Wildman–Crippen MR) is 97.1 cm³/mol. The first-order valence-electron chi connectivity index (χ1n) is 9.01. The van der Waals surface area contributed by atoms with Crippen LogP contribution in [0.1, 0.15) is 47.4 Å². The minimum Gasteiger partial charge on any atom is -0.497 e. The molecule has 1 fully saturated rings. The first kappa shape index (κ1) is 19.8. The second-order valence-electron chi connectivity index (χ2n) is 6.67. The van der Waals surface area contributed by atoms with Gasteiger partial charge in [-0.1, -0.05) is 12.1 Å². The van der Waals surface area contributed by atoms with Crippen molar-refractivity contribution in [2.24, 2.45) is 0 Å². The Kier molecular flexibility index (Phi) is 6.23. The lowest BCUT2D eigenvalue weighted by molar-refractivity contribution is -0.131. The highest BCUT2D eigenvalue weighted by atomic mass is 19.3. The van der Waals surface area contributed by atoms with Crippen molar-refractivity contribution < 1.29 is 23.1 Å². The van der Waals surface area contributed by atoms with Crippen LogP contribution in [0.25, 0.3) is 0 Å². The van der Waals surface area contributed by atoms with Crippen molar-refractivity contribution in [1.82, 2.24) is 20.4 Å². The van der Waals surface area contributed by atoms with Crippen molar-refractivity contribution in [2.45, 2.75) is 38.3 Å². The number of benzene rings is 1. The van der Waals surface area contributed by atoms with Gasteiger partial charge in [-0.2, -0.15) is 5.10 Å². The minimum atomic E-state index is -2.71. The first-order valence-corrected chi connectivity index (χ1v) is 9.01. The number of aromatic amines is 1. The number of carbonyl (C=O) groups excluding carboxylic acids is 2. The van der Waals surface area contributed by atoms with E-state index in [1.165, 1.54) is 0 Å². The van der Waals surface area contributed by atoms with Gasteiger partial charge < -0.3 is 15.0 Å². The van der Waals surface area contributed by atoms with Crippen LogP contribution in [0.2, 0.25) is 0 Å². The average molecular weight is 392 g/mol. The summed E-state index contributed by atoms with van der Waals surface area (Å²) in [6.45, 7) is 0.956. The molecule has 0 bridgehead atoms. The average Bonchev–Trinajstić information content (AvgIpc) is 3.13. The standard InChI is InChI=1S/C19H22F2N4O3/c1-28-14-4-2-3-12(9-14)11-25-8-7-13(5-6-17(25)26)22-19(27)16-10-15(18(20)21)23-24-16/h2-4,9-10,13,18H,5-8,11H2,1H3,(H,22,27)(H,23,24). The molecule has 2 aromatic rings. The van der Waals surface area contributed by atoms with Crippen LogP contribution in [0.3, 0.4) is 0 Å². The van der Waals surface area contributed by atoms with Gasteiger partial charge in [0, 0.05) is 25.6 Å². The Balaban J connectivity index is 1.58. The Morgan fingerprint density at radius 1 is 1.39 bits per heavy atom. The lowest BCUT2D eigenvalue weighted by atomic mass is 10.1. The number of nitrogens with one attached hydrogen (secondary N) is 2. The molecule has 1 aromatic heterocycles. The largest absolute Gasteiger partial charge is 0.497 e. The van der Waals surface area contributed by atoms with E-state index in [0.717, 1.165) is 17.4 Å². The summed E-state index contributed by atoms with van der Waals surface area (Å²) in [5.74, 6) is 0.216. The number of rotatable bonds is 6. The molecule has 1 saturated heterocycles. The number of carbonyl (C=O) groups is 2. The van der Waals surface area contributed by atoms with E-state index < -0.39 is 18.0 Å². The van der Waals surface area contributed by atoms with E-state index in [4.69, 9.17) is 4.74 Å². The highest BCUT2D eigenvalue weighted by molar-refractivity contribution is 5.92. The van der Waals surface area contributed by atoms with Crippen molar-refractivity contribution in [1.29, 1.82) is 0 Å². The summed E-state index contributed by atoms with van der Waals surface area (Å²) in [5.41, 5.74) is 0.482. The number of nitrogens with zero attached hydrogens (tertiary/aromatic N) is 2. The summed E-state index contributed by atoms with van der Waals surface area (Å²) in [6, 6.07) is 8.34. The van der Waals surface area contributed by atoms with Crippen molar-refractivity contribution in [3.63, 3.8) is 0 Å². The SMILES string of the molecule is COc1cccc(CN2CCC(NC(=O)c3cc(C(F)F)[nH]n3)CCC2=O)c1. The number of aromatic nitrogens is 2. The van der Waals surface area contributed by atoms with Crippen LogP contribution in [0, 0.1) is 0 Å². The lowest BCUT2D eigenvalue weighted by Gasteiger charge is -2.21. The van der Waals surface area contributed by atoms with Gasteiger partial charge in [-0.25, -0.2) is 8.78 Å². The van der Waals surface area contributed by atoms with Gasteiger partial charge in [0.1, 0.15) is 17.1 Å². The molecule has 1 atom stereocenters. The second kappa shape index (κ2) is 8.81. The maximum Gasteiger partial charge on any atom is 0.279 e. The Hall–Kier alpha value is -2.97. The van der Waals surface area contributed by atoms with E-state index in [9.17, 15) is 18.4 Å². The number of ether oxygens (including phenoxy) is 1. The maximum atomic E-state index is 12.6. The Morgan fingerprint density at radius 2 is 2.21 bits per heavy atom. The van der Waals surface area contributed by atoms with Crippen molar-refractivity contribution in [2.75, 3.05) is 13.7 Å². The summed E-state index contributed by atoms with van der Waals surface area (Å²) in [4.78, 5) is 26.4. The van der Waals surface area contributed by atoms with E-state index in [2.05, 4.69) is 15.5 Å². The molecule has 2 amide bonds. The number of alkyl halides is 2. The van der Waals surface area contributed by atoms with Gasteiger partial charge in [0.2, 0.25) is 5.91 Å². The number of amides is 2. The first-order chi connectivity index (χ1) is 13.5. The van der Waals surface area contributed by atoms with Crippen LogP contribution in [-0.4, -0.2) is 46.6 Å². The molecule has 1 aliphatic heterocycles. The van der Waals surface area contributed by atoms with Gasteiger partial charge >= 0.3 is 0 Å². The van der Waals surface area contributed by atoms with Crippen molar-refractivity contribution in [3.8, 4) is 5.75 Å². The fraction of sp³-hybridized carbons (Fsp3) is 0.421. The Morgan fingerprint density at radius 3 is 2.93 bits per heavy atom. The smallest absolute Gasteiger partial charge is 0.279 e. The molecule has 0 saturated carbocycles. The van der Waals surface area contributed by atoms with Gasteiger partial charge in [-0.05, 0) is 36.6 Å². The quantitative estimate of drug-likeness (QED) is 0.791. The van der Waals surface area contributed by atoms with Crippen LogP contribution in [-0.2, 0) is 11.3 Å². The molecule has 9 heteroatoms. The van der Waals surface area contributed by atoms with Crippen molar-refractivity contribution >= 4 is 11.8 Å². The third kappa shape index (κ3) is 4.85. The van der Waals surface area contributed by atoms with Crippen LogP contribution in [0.5, 0.6) is 5.75 Å². The number of H-pyrrole nitrogens is 1. The molecule has 150 valence electrons. The molecule has 1 unspecified atom stereocenters. The summed E-state index contributed by atoms with van der Waals surface area (Å²) in [5, 5.41) is 8.56. The molecule has 2 heterocycles. The van der Waals surface area contributed by atoms with E-state index in [1.807, 2.05) is 24.3 Å². The van der Waals surface area contributed by atoms with E-state index >= 15 is 0 Å². The van der Waals surface area contributed by atoms with Crippen molar-refractivity contribution in [3.05, 3.63) is 47.3 Å². The number of likely N-dealkylation sites (tertiary alicyclic amines) is 1. The molecule has 3 rings (SSSR count). The molecule has 0 aliphatic carbocycles. The summed E-state index contributed by atoms with van der Waals surface area (Å²) in [7, 11) is 1.59. The van der Waals surface area contributed by atoms with Crippen LogP contribution >= 0.6 is 0 Å². The monoisotopic (exact) mass is 392 g/mol. The molecule has 28 heavy (non-hydrogen) atoms. The van der Waals surface area contributed by atoms with Gasteiger partial charge in [-0.3, -0.25) is 14.7 Å². The topological polar surface area (TPSA) is 87.3 Å². The van der Waals surface area contributed by atoms with E-state index in [1.54, 1.807) is 12.0 Å². The molecule has 7 nitrogen and oxygen atoms in total. The highest BCUT2D eigenvalue weighted by Gasteiger charge is 2.25. The number of methoxy groups -OCH3 is 1. The fourth-order valence-electron chi connectivity index (χ4n) is 3.16. The normalized spacial score (nSPS) is 17.5. The molecule has 0 spiro atoms. The molecule has 2 N–H and O–H groups in total. The Bertz CT molecular complexity index is 840. The Labute approximate surface area is 161 Å². The van der Waals surface area contributed by atoms with Gasteiger partial charge in [0.05, 0.1) is 7.11 Å². The highest BCUT2D eigenvalue weighted by Crippen LogP contribution is 2.19. The zero-order chi connectivity index (χ0) is 20.1. The lowest BCUT2D eigenvalue weighted by Crippen LogP contribution is -2.36. The van der Waals surface area contributed by atoms with Gasteiger partial charge in [0.25, 0.3) is 12.3 Å². The fourth-order valence-corrected chi connectivity index (χ4v) is 3.16. The molecule has 0 radical (unpaired) electrons. The maximum absolute atomic E-state index is 12.6. The summed E-state index contributed by atoms with van der Waals surface area (Å²) >= 11 is 0. The zero-order valence-electron chi connectivity index (χ0n) is 15.5. The summed E-state index contributed by atoms with van der Waals surface area (Å²) in [6.07, 6.45) is -1.34. The third-order valence-corrected chi connectivity index (χ3v) is 4.72. The molecule has 1 aromatic carbocycles. The molecule has 1 aliphatic rings.